The van der Waals surface area contributed by atoms with Crippen molar-refractivity contribution in [3.05, 3.63) is 70.5 Å². The molecule has 0 aliphatic rings. The van der Waals surface area contributed by atoms with Crippen LogP contribution in [0, 0.1) is 0 Å². The van der Waals surface area contributed by atoms with Gasteiger partial charge in [0.25, 0.3) is 5.91 Å². The van der Waals surface area contributed by atoms with Gasteiger partial charge in [0.1, 0.15) is 5.15 Å². The molecule has 0 radical (unpaired) electrons. The number of aromatic nitrogens is 2. The maximum Gasteiger partial charge on any atom is 0.261 e. The van der Waals surface area contributed by atoms with Crippen molar-refractivity contribution in [3.63, 3.8) is 0 Å². The number of benzene rings is 1. The van der Waals surface area contributed by atoms with Crippen LogP contribution in [0.4, 0.5) is 0 Å². The summed E-state index contributed by atoms with van der Waals surface area (Å²) in [7, 11) is 0. The summed E-state index contributed by atoms with van der Waals surface area (Å²) in [6.07, 6.45) is 3.44. The smallest absolute Gasteiger partial charge is 0.261 e. The maximum atomic E-state index is 12.5. The van der Waals surface area contributed by atoms with Crippen LogP contribution < -0.4 is 5.32 Å². The number of para-hydroxylation sites is 1. The molecule has 4 aromatic rings. The number of carbonyl (C=O) groups is 1. The van der Waals surface area contributed by atoms with Gasteiger partial charge in [-0.05, 0) is 23.8 Å². The Morgan fingerprint density at radius 1 is 1.17 bits per heavy atom. The van der Waals surface area contributed by atoms with Gasteiger partial charge in [-0.15, -0.1) is 11.3 Å². The number of rotatable bonds is 3. The Kier molecular flexibility index (Phi) is 3.88. The lowest BCUT2D eigenvalue weighted by molar-refractivity contribution is 0.0955. The Morgan fingerprint density at radius 2 is 2.04 bits per heavy atom. The van der Waals surface area contributed by atoms with Crippen molar-refractivity contribution in [1.82, 2.24) is 15.3 Å². The molecule has 0 fully saturated rings. The van der Waals surface area contributed by atoms with Crippen LogP contribution in [-0.4, -0.2) is 15.9 Å². The predicted octanol–water partition coefficient (Wildman–Crippen LogP) is 4.43. The zero-order valence-electron chi connectivity index (χ0n) is 12.5. The molecule has 0 bridgehead atoms. The molecule has 1 aromatic carbocycles. The molecule has 0 aliphatic carbocycles. The molecule has 3 aromatic heterocycles. The Balaban J connectivity index is 1.68. The molecular formula is C18H12ClN3OS. The fraction of sp³-hybridized carbons (Fsp3) is 0.0556. The highest BCUT2D eigenvalue weighted by Gasteiger charge is 2.15. The zero-order valence-corrected chi connectivity index (χ0v) is 14.1. The van der Waals surface area contributed by atoms with E-state index in [1.807, 2.05) is 36.4 Å². The van der Waals surface area contributed by atoms with E-state index in [1.54, 1.807) is 18.5 Å². The van der Waals surface area contributed by atoms with Crippen LogP contribution in [-0.2, 0) is 6.54 Å². The minimum atomic E-state index is -0.125. The average Bonchev–Trinajstić information content (AvgIpc) is 3.07. The van der Waals surface area contributed by atoms with Crippen LogP contribution in [0.15, 0.2) is 54.9 Å². The van der Waals surface area contributed by atoms with Gasteiger partial charge in [0.2, 0.25) is 0 Å². The van der Waals surface area contributed by atoms with Crippen LogP contribution in [0.25, 0.3) is 21.0 Å². The zero-order chi connectivity index (χ0) is 16.5. The third kappa shape index (κ3) is 2.72. The Morgan fingerprint density at radius 3 is 2.88 bits per heavy atom. The van der Waals surface area contributed by atoms with Crippen molar-refractivity contribution in [3.8, 4) is 0 Å². The monoisotopic (exact) mass is 353 g/mol. The van der Waals surface area contributed by atoms with E-state index in [-0.39, 0.29) is 5.91 Å². The van der Waals surface area contributed by atoms with Gasteiger partial charge in [0, 0.05) is 34.4 Å². The molecule has 1 N–H and O–H groups in total. The Labute approximate surface area is 147 Å². The largest absolute Gasteiger partial charge is 0.347 e. The number of thiophene rings is 1. The van der Waals surface area contributed by atoms with Crippen LogP contribution >= 0.6 is 22.9 Å². The molecule has 118 valence electrons. The minimum Gasteiger partial charge on any atom is -0.347 e. The van der Waals surface area contributed by atoms with Crippen molar-refractivity contribution >= 4 is 49.8 Å². The number of pyridine rings is 2. The van der Waals surface area contributed by atoms with E-state index in [9.17, 15) is 4.79 Å². The second-order valence-corrected chi connectivity index (χ2v) is 6.73. The summed E-state index contributed by atoms with van der Waals surface area (Å²) in [6, 6.07) is 13.4. The van der Waals surface area contributed by atoms with Gasteiger partial charge in [-0.3, -0.25) is 9.78 Å². The number of halogens is 1. The van der Waals surface area contributed by atoms with Gasteiger partial charge >= 0.3 is 0 Å². The van der Waals surface area contributed by atoms with Crippen molar-refractivity contribution in [2.24, 2.45) is 0 Å². The van der Waals surface area contributed by atoms with Crippen LogP contribution in [0.2, 0.25) is 5.15 Å². The topological polar surface area (TPSA) is 54.9 Å². The molecule has 24 heavy (non-hydrogen) atoms. The fourth-order valence-corrected chi connectivity index (χ4v) is 3.96. The third-order valence-electron chi connectivity index (χ3n) is 3.72. The molecule has 0 spiro atoms. The van der Waals surface area contributed by atoms with Crippen LogP contribution in [0.1, 0.15) is 15.2 Å². The first-order valence-corrected chi connectivity index (χ1v) is 8.57. The lowest BCUT2D eigenvalue weighted by Gasteiger charge is -2.02. The maximum absolute atomic E-state index is 12.5. The summed E-state index contributed by atoms with van der Waals surface area (Å²) in [5.41, 5.74) is 1.79. The molecule has 3 heterocycles. The first-order valence-electron chi connectivity index (χ1n) is 7.37. The predicted molar refractivity (Wildman–Crippen MR) is 97.5 cm³/mol. The summed E-state index contributed by atoms with van der Waals surface area (Å²) in [5, 5.41) is 5.15. The van der Waals surface area contributed by atoms with E-state index in [4.69, 9.17) is 11.6 Å². The normalized spacial score (nSPS) is 11.0. The molecule has 0 saturated heterocycles. The van der Waals surface area contributed by atoms with Crippen molar-refractivity contribution < 1.29 is 4.79 Å². The SMILES string of the molecule is O=C(NCc1cccnc1)c1cc2c(Cl)nc3ccccc3c2s1. The Bertz CT molecular complexity index is 1050. The number of amides is 1. The van der Waals surface area contributed by atoms with Crippen molar-refractivity contribution in [1.29, 1.82) is 0 Å². The van der Waals surface area contributed by atoms with E-state index < -0.39 is 0 Å². The minimum absolute atomic E-state index is 0.125. The second kappa shape index (κ2) is 6.19. The van der Waals surface area contributed by atoms with Gasteiger partial charge in [-0.1, -0.05) is 35.9 Å². The number of nitrogens with one attached hydrogen (secondary N) is 1. The average molecular weight is 354 g/mol. The van der Waals surface area contributed by atoms with E-state index in [0.29, 0.717) is 16.6 Å². The first kappa shape index (κ1) is 15.1. The summed E-state index contributed by atoms with van der Waals surface area (Å²) in [6.45, 7) is 0.438. The van der Waals surface area contributed by atoms with Gasteiger partial charge in [0.15, 0.2) is 0 Å². The highest BCUT2D eigenvalue weighted by molar-refractivity contribution is 7.21. The summed E-state index contributed by atoms with van der Waals surface area (Å²) >= 11 is 7.71. The third-order valence-corrected chi connectivity index (χ3v) is 5.18. The molecule has 6 heteroatoms. The summed E-state index contributed by atoms with van der Waals surface area (Å²) in [4.78, 5) is 21.5. The lowest BCUT2D eigenvalue weighted by Crippen LogP contribution is -2.21. The van der Waals surface area contributed by atoms with Gasteiger partial charge < -0.3 is 5.32 Å². The number of hydrogen-bond acceptors (Lipinski definition) is 4. The van der Waals surface area contributed by atoms with Gasteiger partial charge in [0.05, 0.1) is 10.4 Å². The van der Waals surface area contributed by atoms with Crippen molar-refractivity contribution in [2.45, 2.75) is 6.54 Å². The quantitative estimate of drug-likeness (QED) is 0.554. The van der Waals surface area contributed by atoms with E-state index >= 15 is 0 Å². The number of hydrogen-bond donors (Lipinski definition) is 1. The molecule has 1 amide bonds. The van der Waals surface area contributed by atoms with E-state index in [2.05, 4.69) is 15.3 Å². The fourth-order valence-electron chi connectivity index (χ4n) is 2.56. The summed E-state index contributed by atoms with van der Waals surface area (Å²) in [5.74, 6) is -0.125. The molecule has 4 nitrogen and oxygen atoms in total. The molecule has 0 unspecified atom stereocenters. The van der Waals surface area contributed by atoms with Gasteiger partial charge in [-0.2, -0.15) is 0 Å². The summed E-state index contributed by atoms with van der Waals surface area (Å²) < 4.78 is 0.983. The number of fused-ring (bicyclic) bond motifs is 3. The van der Waals surface area contributed by atoms with Crippen LogP contribution in [0.5, 0.6) is 0 Å². The van der Waals surface area contributed by atoms with E-state index in [1.165, 1.54) is 11.3 Å². The first-order chi connectivity index (χ1) is 11.7. The highest BCUT2D eigenvalue weighted by Crippen LogP contribution is 2.35. The standard InChI is InChI=1S/C18H12ClN3OS/c19-17-13-8-15(18(23)21-10-11-4-3-7-20-9-11)24-16(13)12-5-1-2-6-14(12)22-17/h1-9H,10H2,(H,21,23). The number of nitrogens with zero attached hydrogens (tertiary/aromatic N) is 2. The molecule has 0 atom stereocenters. The van der Waals surface area contributed by atoms with Crippen molar-refractivity contribution in [2.75, 3.05) is 0 Å². The molecule has 4 rings (SSSR count). The lowest BCUT2D eigenvalue weighted by atomic mass is 10.2. The van der Waals surface area contributed by atoms with Gasteiger partial charge in [-0.25, -0.2) is 4.98 Å². The number of carbonyl (C=O) groups excluding carboxylic acids is 1. The second-order valence-electron chi connectivity index (χ2n) is 5.32. The molecular weight excluding hydrogens is 342 g/mol. The molecule has 0 saturated carbocycles. The van der Waals surface area contributed by atoms with Crippen LogP contribution in [0.3, 0.4) is 0 Å². The molecule has 0 aliphatic heterocycles. The van der Waals surface area contributed by atoms with E-state index in [0.717, 1.165) is 26.6 Å². The Hall–Kier alpha value is -2.50. The highest BCUT2D eigenvalue weighted by atomic mass is 35.5.